The molecule has 0 radical (unpaired) electrons. The second kappa shape index (κ2) is 11.4. The molecule has 1 aromatic heterocycles. The quantitative estimate of drug-likeness (QED) is 0.531. The first-order chi connectivity index (χ1) is 14.2. The van der Waals surface area contributed by atoms with Gasteiger partial charge in [-0.05, 0) is 27.7 Å². The zero-order valence-corrected chi connectivity index (χ0v) is 19.1. The van der Waals surface area contributed by atoms with Crippen LogP contribution in [0.25, 0.3) is 0 Å². The predicted molar refractivity (Wildman–Crippen MR) is 112 cm³/mol. The maximum Gasteiger partial charge on any atom is 0.347 e. The zero-order chi connectivity index (χ0) is 22.1. The molecule has 1 N–H and O–H groups in total. The SMILES string of the molecule is CCC(=O)O[C@H](C)C(=O)O[C@@H](CNC(C)(C)C)COc1nsnc1N1CCOCC1. The molecule has 2 rings (SSSR count). The summed E-state index contributed by atoms with van der Waals surface area (Å²) in [5.41, 5.74) is -0.175. The highest BCUT2D eigenvalue weighted by molar-refractivity contribution is 6.99. The van der Waals surface area contributed by atoms with E-state index in [0.717, 1.165) is 11.7 Å². The van der Waals surface area contributed by atoms with Gasteiger partial charge in [0.05, 0.1) is 24.9 Å². The van der Waals surface area contributed by atoms with Crippen LogP contribution in [0.2, 0.25) is 0 Å². The van der Waals surface area contributed by atoms with Gasteiger partial charge in [-0.2, -0.15) is 4.37 Å². The summed E-state index contributed by atoms with van der Waals surface area (Å²) in [6.07, 6.45) is -1.39. The van der Waals surface area contributed by atoms with Gasteiger partial charge in [0.2, 0.25) is 5.82 Å². The van der Waals surface area contributed by atoms with Gasteiger partial charge in [0.15, 0.2) is 6.10 Å². The highest BCUT2D eigenvalue weighted by Crippen LogP contribution is 2.26. The third-order valence-corrected chi connectivity index (χ3v) is 4.73. The van der Waals surface area contributed by atoms with E-state index in [0.29, 0.717) is 44.5 Å². The molecule has 1 aliphatic rings. The number of rotatable bonds is 10. The van der Waals surface area contributed by atoms with E-state index in [9.17, 15) is 9.59 Å². The van der Waals surface area contributed by atoms with Crippen LogP contribution in [0.15, 0.2) is 0 Å². The minimum Gasteiger partial charge on any atom is -0.470 e. The lowest BCUT2D eigenvalue weighted by atomic mass is 10.1. The molecule has 1 saturated heterocycles. The number of carbonyl (C=O) groups is 2. The smallest absolute Gasteiger partial charge is 0.347 e. The van der Waals surface area contributed by atoms with E-state index in [2.05, 4.69) is 19.0 Å². The number of morpholine rings is 1. The third-order valence-electron chi connectivity index (χ3n) is 4.23. The molecule has 11 heteroatoms. The van der Waals surface area contributed by atoms with E-state index in [1.54, 1.807) is 6.92 Å². The van der Waals surface area contributed by atoms with Crippen molar-refractivity contribution in [3.63, 3.8) is 0 Å². The summed E-state index contributed by atoms with van der Waals surface area (Å²) in [7, 11) is 0. The van der Waals surface area contributed by atoms with Crippen LogP contribution in [0.4, 0.5) is 5.82 Å². The van der Waals surface area contributed by atoms with Crippen LogP contribution >= 0.6 is 11.7 Å². The number of carbonyl (C=O) groups excluding carboxylic acids is 2. The van der Waals surface area contributed by atoms with Crippen molar-refractivity contribution in [2.24, 2.45) is 0 Å². The maximum absolute atomic E-state index is 12.4. The second-order valence-corrected chi connectivity index (χ2v) is 8.51. The molecule has 1 aliphatic heterocycles. The summed E-state index contributed by atoms with van der Waals surface area (Å²) < 4.78 is 30.4. The molecule has 170 valence electrons. The van der Waals surface area contributed by atoms with Crippen molar-refractivity contribution >= 4 is 29.5 Å². The molecule has 2 atom stereocenters. The molecule has 1 fully saturated rings. The average Bonchev–Trinajstić information content (AvgIpc) is 3.18. The van der Waals surface area contributed by atoms with Crippen molar-refractivity contribution in [2.75, 3.05) is 44.4 Å². The highest BCUT2D eigenvalue weighted by atomic mass is 32.1. The first-order valence-corrected chi connectivity index (χ1v) is 10.9. The number of aromatic nitrogens is 2. The van der Waals surface area contributed by atoms with Crippen LogP contribution in [0.5, 0.6) is 5.88 Å². The molecule has 1 aromatic rings. The Labute approximate surface area is 181 Å². The molecular weight excluding hydrogens is 412 g/mol. The van der Waals surface area contributed by atoms with Crippen LogP contribution in [-0.4, -0.2) is 77.9 Å². The Bertz CT molecular complexity index is 687. The van der Waals surface area contributed by atoms with E-state index < -0.39 is 24.1 Å². The van der Waals surface area contributed by atoms with Gasteiger partial charge in [-0.1, -0.05) is 6.92 Å². The van der Waals surface area contributed by atoms with Crippen molar-refractivity contribution in [3.8, 4) is 5.88 Å². The number of ether oxygens (including phenoxy) is 4. The zero-order valence-electron chi connectivity index (χ0n) is 18.3. The van der Waals surface area contributed by atoms with Crippen molar-refractivity contribution in [1.82, 2.24) is 14.1 Å². The lowest BCUT2D eigenvalue weighted by Crippen LogP contribution is -2.45. The number of hydrogen-bond donors (Lipinski definition) is 1. The van der Waals surface area contributed by atoms with Crippen LogP contribution in [-0.2, 0) is 23.8 Å². The molecule has 0 bridgehead atoms. The number of hydrogen-bond acceptors (Lipinski definition) is 11. The molecule has 0 saturated carbocycles. The van der Waals surface area contributed by atoms with Gasteiger partial charge < -0.3 is 29.2 Å². The summed E-state index contributed by atoms with van der Waals surface area (Å²) in [4.78, 5) is 25.9. The summed E-state index contributed by atoms with van der Waals surface area (Å²) in [6.45, 7) is 12.3. The Kier molecular flexibility index (Phi) is 9.25. The number of nitrogens with one attached hydrogen (secondary N) is 1. The summed E-state index contributed by atoms with van der Waals surface area (Å²) in [6, 6.07) is 0. The summed E-state index contributed by atoms with van der Waals surface area (Å²) >= 11 is 1.07. The monoisotopic (exact) mass is 444 g/mol. The van der Waals surface area contributed by atoms with E-state index in [-0.39, 0.29) is 18.6 Å². The van der Waals surface area contributed by atoms with Gasteiger partial charge >= 0.3 is 11.9 Å². The molecule has 0 amide bonds. The first kappa shape index (κ1) is 24.3. The Morgan fingerprint density at radius 2 is 1.93 bits per heavy atom. The molecule has 0 unspecified atom stereocenters. The van der Waals surface area contributed by atoms with Crippen molar-refractivity contribution < 1.29 is 28.5 Å². The van der Waals surface area contributed by atoms with Gasteiger partial charge in [0, 0.05) is 31.6 Å². The van der Waals surface area contributed by atoms with E-state index in [4.69, 9.17) is 18.9 Å². The van der Waals surface area contributed by atoms with Gasteiger partial charge in [-0.15, -0.1) is 4.37 Å². The van der Waals surface area contributed by atoms with Crippen LogP contribution in [0.3, 0.4) is 0 Å². The number of esters is 2. The highest BCUT2D eigenvalue weighted by Gasteiger charge is 2.26. The molecule has 0 spiro atoms. The predicted octanol–water partition coefficient (Wildman–Crippen LogP) is 1.40. The molecule has 0 aromatic carbocycles. The van der Waals surface area contributed by atoms with Crippen molar-refractivity contribution in [2.45, 2.75) is 58.8 Å². The van der Waals surface area contributed by atoms with Gasteiger partial charge in [-0.3, -0.25) is 4.79 Å². The third kappa shape index (κ3) is 8.04. The molecule has 10 nitrogen and oxygen atoms in total. The normalized spacial score (nSPS) is 16.6. The Morgan fingerprint density at radius 1 is 1.23 bits per heavy atom. The summed E-state index contributed by atoms with van der Waals surface area (Å²) in [5, 5.41) is 3.30. The minimum absolute atomic E-state index is 0.0893. The number of nitrogens with zero attached hydrogens (tertiary/aromatic N) is 3. The van der Waals surface area contributed by atoms with E-state index >= 15 is 0 Å². The fourth-order valence-electron chi connectivity index (χ4n) is 2.55. The Balaban J connectivity index is 1.98. The van der Waals surface area contributed by atoms with E-state index in [1.807, 2.05) is 20.8 Å². The van der Waals surface area contributed by atoms with Gasteiger partial charge in [0.1, 0.15) is 12.7 Å². The lowest BCUT2D eigenvalue weighted by molar-refractivity contribution is -0.171. The molecular formula is C19H32N4O6S. The average molecular weight is 445 g/mol. The Morgan fingerprint density at radius 3 is 2.57 bits per heavy atom. The summed E-state index contributed by atoms with van der Waals surface area (Å²) in [5.74, 6) is 0.00116. The van der Waals surface area contributed by atoms with Gasteiger partial charge in [0.25, 0.3) is 5.88 Å². The topological polar surface area (TPSA) is 112 Å². The molecule has 30 heavy (non-hydrogen) atoms. The lowest BCUT2D eigenvalue weighted by Gasteiger charge is -2.28. The maximum atomic E-state index is 12.4. The fraction of sp³-hybridized carbons (Fsp3) is 0.789. The second-order valence-electron chi connectivity index (χ2n) is 7.98. The van der Waals surface area contributed by atoms with Crippen molar-refractivity contribution in [3.05, 3.63) is 0 Å². The van der Waals surface area contributed by atoms with Crippen LogP contribution < -0.4 is 15.0 Å². The fourth-order valence-corrected chi connectivity index (χ4v) is 3.07. The number of anilines is 1. The standard InChI is InChI=1S/C19H32N4O6S/c1-6-15(24)28-13(2)18(25)29-14(11-20-19(3,4)5)12-27-17-16(21-30-22-17)23-7-9-26-10-8-23/h13-14,20H,6-12H2,1-5H3/t13-,14+/m1/s1. The first-order valence-electron chi connectivity index (χ1n) is 10.1. The van der Waals surface area contributed by atoms with Gasteiger partial charge in [-0.25, -0.2) is 4.79 Å². The van der Waals surface area contributed by atoms with Crippen LogP contribution in [0.1, 0.15) is 41.0 Å². The molecule has 0 aliphatic carbocycles. The largest absolute Gasteiger partial charge is 0.470 e. The molecule has 2 heterocycles. The van der Waals surface area contributed by atoms with Crippen LogP contribution in [0, 0.1) is 0 Å². The van der Waals surface area contributed by atoms with Crippen molar-refractivity contribution in [1.29, 1.82) is 0 Å². The minimum atomic E-state index is -0.987. The Hall–Kier alpha value is -1.98. The van der Waals surface area contributed by atoms with E-state index in [1.165, 1.54) is 6.92 Å².